The van der Waals surface area contributed by atoms with Crippen LogP contribution in [0.5, 0.6) is 11.5 Å². The van der Waals surface area contributed by atoms with Crippen LogP contribution in [0, 0.1) is 0 Å². The number of hydrogen-bond acceptors (Lipinski definition) is 5. The molecule has 8 heteroatoms. The molecule has 0 aliphatic carbocycles. The summed E-state index contributed by atoms with van der Waals surface area (Å²) in [5.41, 5.74) is 9.76. The Bertz CT molecular complexity index is 1160. The van der Waals surface area contributed by atoms with Crippen LogP contribution < -0.4 is 15.4 Å². The Hall–Kier alpha value is -2.68. The second-order valence-corrected chi connectivity index (χ2v) is 10.3. The van der Waals surface area contributed by atoms with Crippen LogP contribution in [0.4, 0.5) is 13.3 Å². The Labute approximate surface area is 220 Å². The van der Waals surface area contributed by atoms with Crippen LogP contribution in [0.1, 0.15) is 37.3 Å². The topological polar surface area (TPSA) is 47.7 Å². The highest BCUT2D eigenvalue weighted by Gasteiger charge is 2.25. The first kappa shape index (κ1) is 27.4. The zero-order valence-corrected chi connectivity index (χ0v) is 21.8. The van der Waals surface area contributed by atoms with Crippen molar-refractivity contribution in [2.75, 3.05) is 38.6 Å². The van der Waals surface area contributed by atoms with Crippen LogP contribution in [-0.4, -0.2) is 49.6 Å². The number of fused-ring (bicyclic) bond motifs is 1. The molecule has 1 atom stereocenters. The van der Waals surface area contributed by atoms with Gasteiger partial charge in [0.25, 0.3) is 0 Å². The van der Waals surface area contributed by atoms with Gasteiger partial charge in [0, 0.05) is 46.9 Å². The molecule has 1 unspecified atom stereocenters. The first-order chi connectivity index (χ1) is 18.0. The van der Waals surface area contributed by atoms with Crippen molar-refractivity contribution in [3.63, 3.8) is 0 Å². The summed E-state index contributed by atoms with van der Waals surface area (Å²) >= 11 is 1.59. The maximum Gasteiger partial charge on any atom is 0.173 e. The van der Waals surface area contributed by atoms with Crippen molar-refractivity contribution in [3.8, 4) is 11.5 Å². The second-order valence-electron chi connectivity index (χ2n) is 9.17. The number of likely N-dealkylation sites (tertiary alicyclic amines) is 1. The minimum Gasteiger partial charge on any atom is -0.489 e. The van der Waals surface area contributed by atoms with Crippen molar-refractivity contribution in [1.82, 2.24) is 4.90 Å². The first-order valence-electron chi connectivity index (χ1n) is 12.6. The normalized spacial score (nSPS) is 19.1. The summed E-state index contributed by atoms with van der Waals surface area (Å²) < 4.78 is 46.5. The fourth-order valence-corrected chi connectivity index (χ4v) is 5.96. The minimum atomic E-state index is -0.300. The Morgan fingerprint density at radius 3 is 2.68 bits per heavy atom. The molecule has 2 N–H and O–H groups in total. The predicted molar refractivity (Wildman–Crippen MR) is 144 cm³/mol. The van der Waals surface area contributed by atoms with Gasteiger partial charge in [-0.2, -0.15) is 0 Å². The van der Waals surface area contributed by atoms with Gasteiger partial charge in [-0.15, -0.1) is 11.8 Å². The number of thioether (sulfide) groups is 1. The SMILES string of the molecule is C/C(F)=C(\C=C/CN)C1=C(c2ccc(OC3CCN(CCCF)C3)cc2)c2ccc(OF)cc2SCC1. The van der Waals surface area contributed by atoms with Crippen LogP contribution in [-0.2, 0) is 0 Å². The van der Waals surface area contributed by atoms with Gasteiger partial charge in [-0.05, 0) is 78.8 Å². The van der Waals surface area contributed by atoms with E-state index in [0.717, 1.165) is 59.0 Å². The number of nitrogens with zero attached hydrogens (tertiary/aromatic N) is 1. The lowest BCUT2D eigenvalue weighted by Crippen LogP contribution is -2.26. The summed E-state index contributed by atoms with van der Waals surface area (Å²) in [6.45, 7) is 3.91. The number of rotatable bonds is 10. The van der Waals surface area contributed by atoms with Crippen molar-refractivity contribution >= 4 is 17.3 Å². The van der Waals surface area contributed by atoms with E-state index in [1.807, 2.05) is 30.3 Å². The third kappa shape index (κ3) is 6.80. The summed E-state index contributed by atoms with van der Waals surface area (Å²) in [6.07, 6.45) is 5.64. The summed E-state index contributed by atoms with van der Waals surface area (Å²) in [5, 5.41) is 0. The van der Waals surface area contributed by atoms with E-state index in [-0.39, 0.29) is 24.4 Å². The summed E-state index contributed by atoms with van der Waals surface area (Å²) in [5.74, 6) is 1.31. The van der Waals surface area contributed by atoms with Gasteiger partial charge in [-0.3, -0.25) is 14.2 Å². The molecule has 0 amide bonds. The van der Waals surface area contributed by atoms with Crippen molar-refractivity contribution in [3.05, 3.63) is 82.7 Å². The molecule has 2 aliphatic heterocycles. The Balaban J connectivity index is 1.69. The molecule has 2 heterocycles. The van der Waals surface area contributed by atoms with Crippen molar-refractivity contribution in [2.24, 2.45) is 5.73 Å². The van der Waals surface area contributed by atoms with Gasteiger partial charge in [0.2, 0.25) is 0 Å². The molecule has 0 spiro atoms. The molecule has 0 aromatic heterocycles. The molecule has 37 heavy (non-hydrogen) atoms. The third-order valence-corrected chi connectivity index (χ3v) is 7.68. The highest BCUT2D eigenvalue weighted by atomic mass is 32.2. The molecule has 0 saturated carbocycles. The first-order valence-corrected chi connectivity index (χ1v) is 13.6. The van der Waals surface area contributed by atoms with Gasteiger partial charge in [-0.1, -0.05) is 24.3 Å². The Morgan fingerprint density at radius 1 is 1.19 bits per heavy atom. The van der Waals surface area contributed by atoms with E-state index in [0.29, 0.717) is 30.7 Å². The van der Waals surface area contributed by atoms with E-state index >= 15 is 0 Å². The smallest absolute Gasteiger partial charge is 0.173 e. The average molecular weight is 531 g/mol. The monoisotopic (exact) mass is 530 g/mol. The molecule has 2 aliphatic rings. The van der Waals surface area contributed by atoms with E-state index in [4.69, 9.17) is 10.5 Å². The lowest BCUT2D eigenvalue weighted by Gasteiger charge is -2.19. The Morgan fingerprint density at radius 2 is 1.97 bits per heavy atom. The van der Waals surface area contributed by atoms with E-state index < -0.39 is 0 Å². The number of benzene rings is 2. The molecule has 0 radical (unpaired) electrons. The van der Waals surface area contributed by atoms with E-state index in [2.05, 4.69) is 9.84 Å². The van der Waals surface area contributed by atoms with Crippen molar-refractivity contribution in [1.29, 1.82) is 0 Å². The fourth-order valence-electron chi connectivity index (χ4n) is 4.91. The predicted octanol–water partition coefficient (Wildman–Crippen LogP) is 6.82. The van der Waals surface area contributed by atoms with Gasteiger partial charge in [0.15, 0.2) is 5.75 Å². The molecule has 0 bridgehead atoms. The van der Waals surface area contributed by atoms with Gasteiger partial charge >= 0.3 is 0 Å². The van der Waals surface area contributed by atoms with Crippen LogP contribution >= 0.6 is 11.8 Å². The highest BCUT2D eigenvalue weighted by Crippen LogP contribution is 2.44. The maximum absolute atomic E-state index is 14.8. The van der Waals surface area contributed by atoms with Gasteiger partial charge < -0.3 is 10.5 Å². The van der Waals surface area contributed by atoms with E-state index in [1.165, 1.54) is 6.92 Å². The lowest BCUT2D eigenvalue weighted by atomic mass is 9.87. The van der Waals surface area contributed by atoms with Gasteiger partial charge in [0.05, 0.1) is 6.67 Å². The largest absolute Gasteiger partial charge is 0.489 e. The number of ether oxygens (including phenoxy) is 1. The molecular formula is C29H33F3N2O2S. The molecule has 1 saturated heterocycles. The number of halogens is 3. The van der Waals surface area contributed by atoms with Crippen molar-refractivity contribution in [2.45, 2.75) is 37.2 Å². The molecule has 4 nitrogen and oxygen atoms in total. The zero-order chi connectivity index (χ0) is 26.2. The molecule has 2 aromatic carbocycles. The average Bonchev–Trinajstić information content (AvgIpc) is 3.27. The number of alkyl halides is 1. The van der Waals surface area contributed by atoms with Crippen LogP contribution in [0.2, 0.25) is 0 Å². The van der Waals surface area contributed by atoms with E-state index in [9.17, 15) is 13.3 Å². The van der Waals surface area contributed by atoms with Gasteiger partial charge in [-0.25, -0.2) is 4.39 Å². The number of hydrogen-bond donors (Lipinski definition) is 1. The third-order valence-electron chi connectivity index (χ3n) is 6.62. The summed E-state index contributed by atoms with van der Waals surface area (Å²) in [6, 6.07) is 12.9. The van der Waals surface area contributed by atoms with Crippen LogP contribution in [0.3, 0.4) is 0 Å². The lowest BCUT2D eigenvalue weighted by molar-refractivity contribution is -0.00646. The highest BCUT2D eigenvalue weighted by molar-refractivity contribution is 7.99. The summed E-state index contributed by atoms with van der Waals surface area (Å²) in [4.78, 5) is 7.08. The van der Waals surface area contributed by atoms with Crippen LogP contribution in [0.15, 0.2) is 76.5 Å². The number of nitrogens with two attached hydrogens (primary N) is 1. The quantitative estimate of drug-likeness (QED) is 0.342. The fraction of sp³-hybridized carbons (Fsp3) is 0.379. The molecule has 1 fully saturated rings. The molecule has 2 aromatic rings. The standard InChI is InChI=1S/C29H33F3N2O2S/c1-20(31)25(4-2-14-33)26-12-17-37-28-18-23(36-32)9-10-27(28)29(26)21-5-7-22(8-6-21)35-24-11-16-34(19-24)15-3-13-30/h2,4-10,18,24H,3,11-17,19,33H2,1H3/b4-2-,25-20-. The molecule has 198 valence electrons. The Kier molecular flexibility index (Phi) is 9.77. The zero-order valence-electron chi connectivity index (χ0n) is 21.0. The molecular weight excluding hydrogens is 497 g/mol. The second kappa shape index (κ2) is 13.2. The maximum atomic E-state index is 14.8. The van der Waals surface area contributed by atoms with Gasteiger partial charge in [0.1, 0.15) is 17.7 Å². The minimum absolute atomic E-state index is 0.0690. The summed E-state index contributed by atoms with van der Waals surface area (Å²) in [7, 11) is 0. The number of allylic oxidation sites excluding steroid dienone is 4. The van der Waals surface area contributed by atoms with Crippen LogP contribution in [0.25, 0.3) is 5.57 Å². The molecule has 4 rings (SSSR count). The van der Waals surface area contributed by atoms with E-state index in [1.54, 1.807) is 36.0 Å². The van der Waals surface area contributed by atoms with Crippen molar-refractivity contribution < 1.29 is 23.0 Å².